The van der Waals surface area contributed by atoms with Gasteiger partial charge in [-0.15, -0.1) is 11.3 Å². The van der Waals surface area contributed by atoms with Gasteiger partial charge in [-0.3, -0.25) is 0 Å². The molecule has 2 aromatic heterocycles. The van der Waals surface area contributed by atoms with Gasteiger partial charge in [0, 0.05) is 6.07 Å². The van der Waals surface area contributed by atoms with Gasteiger partial charge in [-0.25, -0.2) is 4.98 Å². The van der Waals surface area contributed by atoms with Gasteiger partial charge in [-0.05, 0) is 12.1 Å². The largest absolute Gasteiger partial charge is 0.436 e. The fraction of sp³-hybridized carbons (Fsp3) is 0. The van der Waals surface area contributed by atoms with Gasteiger partial charge < -0.3 is 10.2 Å². The number of halogens is 3. The molecule has 0 unspecified atom stereocenters. The molecule has 3 nitrogen and oxygen atoms in total. The second kappa shape index (κ2) is 4.31. The molecule has 0 amide bonds. The summed E-state index contributed by atoms with van der Waals surface area (Å²) in [4.78, 5) is 4.32. The van der Waals surface area contributed by atoms with Gasteiger partial charge in [-0.2, -0.15) is 0 Å². The van der Waals surface area contributed by atoms with Crippen LogP contribution in [0.3, 0.4) is 0 Å². The van der Waals surface area contributed by atoms with Gasteiger partial charge >= 0.3 is 0 Å². The van der Waals surface area contributed by atoms with Crippen molar-refractivity contribution in [3.63, 3.8) is 0 Å². The molecular weight excluding hydrogens is 315 g/mol. The summed E-state index contributed by atoms with van der Waals surface area (Å²) in [5.74, 6) is 0.403. The van der Waals surface area contributed by atoms with Gasteiger partial charge in [0.25, 0.3) is 0 Å². The Morgan fingerprint density at radius 2 is 1.94 bits per heavy atom. The zero-order valence-electron chi connectivity index (χ0n) is 8.71. The third-order valence-electron chi connectivity index (χ3n) is 2.39. The summed E-state index contributed by atoms with van der Waals surface area (Å²) in [6.45, 7) is 0. The smallest absolute Gasteiger partial charge is 0.229 e. The molecule has 18 heavy (non-hydrogen) atoms. The molecule has 0 fully saturated rings. The van der Waals surface area contributed by atoms with Crippen LogP contribution in [-0.4, -0.2) is 4.98 Å². The van der Waals surface area contributed by atoms with Crippen molar-refractivity contribution in [3.8, 4) is 11.5 Å². The van der Waals surface area contributed by atoms with Crippen molar-refractivity contribution in [2.45, 2.75) is 0 Å². The van der Waals surface area contributed by atoms with E-state index in [1.165, 1.54) is 11.3 Å². The van der Waals surface area contributed by atoms with Crippen molar-refractivity contribution < 1.29 is 4.42 Å². The fourth-order valence-electron chi connectivity index (χ4n) is 1.57. The highest BCUT2D eigenvalue weighted by molar-refractivity contribution is 7.20. The number of hydrogen-bond acceptors (Lipinski definition) is 4. The molecule has 92 valence electrons. The number of benzene rings is 1. The molecule has 0 radical (unpaired) electrons. The monoisotopic (exact) mass is 318 g/mol. The molecule has 2 N–H and O–H groups in total. The average Bonchev–Trinajstić information content (AvgIpc) is 2.82. The zero-order valence-corrected chi connectivity index (χ0v) is 11.8. The molecule has 0 saturated heterocycles. The topological polar surface area (TPSA) is 52.0 Å². The Morgan fingerprint density at radius 3 is 2.61 bits per heavy atom. The first-order chi connectivity index (χ1) is 8.54. The van der Waals surface area contributed by atoms with Crippen molar-refractivity contribution in [3.05, 3.63) is 31.9 Å². The predicted molar refractivity (Wildman–Crippen MR) is 76.8 cm³/mol. The Bertz CT molecular complexity index is 711. The van der Waals surface area contributed by atoms with Crippen LogP contribution in [0.4, 0.5) is 5.69 Å². The highest BCUT2D eigenvalue weighted by atomic mass is 35.5. The van der Waals surface area contributed by atoms with Gasteiger partial charge in [-0.1, -0.05) is 34.8 Å². The van der Waals surface area contributed by atoms with Crippen LogP contribution >= 0.6 is 46.1 Å². The lowest BCUT2D eigenvalue weighted by Crippen LogP contribution is -1.84. The van der Waals surface area contributed by atoms with E-state index in [9.17, 15) is 0 Å². The van der Waals surface area contributed by atoms with Crippen LogP contribution in [0.5, 0.6) is 0 Å². The van der Waals surface area contributed by atoms with Gasteiger partial charge in [0.05, 0.1) is 20.6 Å². The first-order valence-corrected chi connectivity index (χ1v) is 6.80. The van der Waals surface area contributed by atoms with Crippen LogP contribution in [-0.2, 0) is 0 Å². The number of aromatic nitrogens is 1. The zero-order chi connectivity index (χ0) is 12.9. The molecule has 3 rings (SSSR count). The molecule has 0 atom stereocenters. The second-order valence-electron chi connectivity index (χ2n) is 3.60. The number of nitrogens with two attached hydrogens (primary N) is 1. The molecule has 0 saturated carbocycles. The Kier molecular flexibility index (Phi) is 2.90. The molecule has 0 aliphatic rings. The van der Waals surface area contributed by atoms with E-state index in [0.717, 1.165) is 0 Å². The van der Waals surface area contributed by atoms with Crippen LogP contribution in [0.1, 0.15) is 0 Å². The highest BCUT2D eigenvalue weighted by Crippen LogP contribution is 2.39. The van der Waals surface area contributed by atoms with Crippen LogP contribution < -0.4 is 5.73 Å². The van der Waals surface area contributed by atoms with Crippen LogP contribution in [0.15, 0.2) is 22.6 Å². The number of oxazole rings is 1. The van der Waals surface area contributed by atoms with E-state index in [-0.39, 0.29) is 0 Å². The molecule has 0 aliphatic carbocycles. The summed E-state index contributed by atoms with van der Waals surface area (Å²) in [7, 11) is 0. The van der Waals surface area contributed by atoms with E-state index >= 15 is 0 Å². The minimum absolute atomic E-state index is 0.403. The summed E-state index contributed by atoms with van der Waals surface area (Å²) in [6, 6.07) is 5.00. The minimum Gasteiger partial charge on any atom is -0.436 e. The fourth-order valence-corrected chi connectivity index (χ4v) is 3.17. The summed E-state index contributed by atoms with van der Waals surface area (Å²) in [6.07, 6.45) is 0. The van der Waals surface area contributed by atoms with E-state index in [1.807, 2.05) is 0 Å². The SMILES string of the molecule is Nc1cc2oc(-c3cc(Cl)sc3Cl)nc2cc1Cl. The van der Waals surface area contributed by atoms with Crippen molar-refractivity contribution in [1.82, 2.24) is 4.98 Å². The van der Waals surface area contributed by atoms with Crippen molar-refractivity contribution in [2.24, 2.45) is 0 Å². The number of anilines is 1. The number of nitrogens with zero attached hydrogens (tertiary/aromatic N) is 1. The molecule has 1 aromatic carbocycles. The maximum atomic E-state index is 6.05. The number of fused-ring (bicyclic) bond motifs is 1. The van der Waals surface area contributed by atoms with Crippen LogP contribution in [0.25, 0.3) is 22.6 Å². The lowest BCUT2D eigenvalue weighted by Gasteiger charge is -1.94. The normalized spacial score (nSPS) is 11.3. The molecule has 2 heterocycles. The highest BCUT2D eigenvalue weighted by Gasteiger charge is 2.15. The van der Waals surface area contributed by atoms with E-state index in [1.54, 1.807) is 18.2 Å². The third-order valence-corrected chi connectivity index (χ3v) is 4.21. The first-order valence-electron chi connectivity index (χ1n) is 4.85. The number of hydrogen-bond donors (Lipinski definition) is 1. The number of rotatable bonds is 1. The number of thiophene rings is 1. The summed E-state index contributed by atoms with van der Waals surface area (Å²) in [5.41, 5.74) is 8.00. The number of nitrogen functional groups attached to an aromatic ring is 1. The van der Waals surface area contributed by atoms with Crippen molar-refractivity contribution in [1.29, 1.82) is 0 Å². The van der Waals surface area contributed by atoms with E-state index < -0.39 is 0 Å². The molecular formula is C11H5Cl3N2OS. The maximum Gasteiger partial charge on any atom is 0.229 e. The van der Waals surface area contributed by atoms with Gasteiger partial charge in [0.1, 0.15) is 9.85 Å². The molecule has 3 aromatic rings. The van der Waals surface area contributed by atoms with E-state index in [4.69, 9.17) is 45.0 Å². The van der Waals surface area contributed by atoms with Crippen molar-refractivity contribution in [2.75, 3.05) is 5.73 Å². The Hall–Kier alpha value is -0.940. The van der Waals surface area contributed by atoms with Crippen LogP contribution in [0, 0.1) is 0 Å². The quantitative estimate of drug-likeness (QED) is 0.635. The van der Waals surface area contributed by atoms with E-state index in [2.05, 4.69) is 4.98 Å². The summed E-state index contributed by atoms with van der Waals surface area (Å²) in [5, 5.41) is 0.441. The molecule has 0 bridgehead atoms. The maximum absolute atomic E-state index is 6.05. The lowest BCUT2D eigenvalue weighted by atomic mass is 10.3. The first kappa shape index (κ1) is 12.1. The lowest BCUT2D eigenvalue weighted by molar-refractivity contribution is 0.620. The Morgan fingerprint density at radius 1 is 1.17 bits per heavy atom. The predicted octanol–water partition coefficient (Wildman–Crippen LogP) is 5.10. The van der Waals surface area contributed by atoms with Gasteiger partial charge in [0.15, 0.2) is 5.58 Å². The third kappa shape index (κ3) is 1.95. The van der Waals surface area contributed by atoms with Gasteiger partial charge in [0.2, 0.25) is 5.89 Å². The molecule has 7 heteroatoms. The summed E-state index contributed by atoms with van der Waals surface area (Å²) >= 11 is 19.1. The standard InChI is InChI=1S/C11H5Cl3N2OS/c12-5-2-7-8(3-6(5)15)17-11(16-7)4-1-9(13)18-10(4)14/h1-3H,15H2. The average molecular weight is 320 g/mol. The molecule has 0 spiro atoms. The second-order valence-corrected chi connectivity index (χ2v) is 6.29. The minimum atomic E-state index is 0.403. The Labute approximate surface area is 121 Å². The molecule has 0 aliphatic heterocycles. The van der Waals surface area contributed by atoms with Crippen LogP contribution in [0.2, 0.25) is 13.7 Å². The van der Waals surface area contributed by atoms with Crippen molar-refractivity contribution >= 4 is 62.9 Å². The summed E-state index contributed by atoms with van der Waals surface area (Å²) < 4.78 is 6.71. The Balaban J connectivity index is 2.22. The van der Waals surface area contributed by atoms with E-state index in [0.29, 0.717) is 41.9 Å².